The van der Waals surface area contributed by atoms with Crippen LogP contribution >= 0.6 is 0 Å². The number of nitrogens with zero attached hydrogens (tertiary/aromatic N) is 1. The third-order valence-electron chi connectivity index (χ3n) is 3.57. The molecular formula is C18H26N2O3. The molecule has 1 aromatic carbocycles. The summed E-state index contributed by atoms with van der Waals surface area (Å²) >= 11 is 0. The maximum atomic E-state index is 12.3. The Morgan fingerprint density at radius 3 is 2.17 bits per heavy atom. The van der Waals surface area contributed by atoms with Crippen molar-refractivity contribution in [2.24, 2.45) is 0 Å². The Morgan fingerprint density at radius 2 is 1.65 bits per heavy atom. The van der Waals surface area contributed by atoms with Crippen molar-refractivity contribution in [1.29, 1.82) is 0 Å². The van der Waals surface area contributed by atoms with Crippen LogP contribution in [-0.4, -0.2) is 35.6 Å². The van der Waals surface area contributed by atoms with Gasteiger partial charge in [-0.15, -0.1) is 0 Å². The van der Waals surface area contributed by atoms with Gasteiger partial charge < -0.3 is 10.2 Å². The summed E-state index contributed by atoms with van der Waals surface area (Å²) in [6.07, 6.45) is 3.70. The van der Waals surface area contributed by atoms with E-state index in [9.17, 15) is 14.4 Å². The van der Waals surface area contributed by atoms with Crippen molar-refractivity contribution in [2.45, 2.75) is 46.5 Å². The normalized spacial score (nSPS) is 10.2. The van der Waals surface area contributed by atoms with Crippen LogP contribution < -0.4 is 5.32 Å². The molecule has 0 aliphatic carbocycles. The highest BCUT2D eigenvalue weighted by Gasteiger charge is 2.21. The number of hydrogen-bond acceptors (Lipinski definition) is 3. The zero-order valence-corrected chi connectivity index (χ0v) is 14.2. The van der Waals surface area contributed by atoms with E-state index in [1.807, 2.05) is 0 Å². The first-order valence-corrected chi connectivity index (χ1v) is 8.20. The topological polar surface area (TPSA) is 66.5 Å². The Bertz CT molecular complexity index is 547. The number of unbranched alkanes of at least 4 members (excludes halogenated alkanes) is 2. The van der Waals surface area contributed by atoms with Crippen molar-refractivity contribution in [3.05, 3.63) is 29.8 Å². The fraction of sp³-hybridized carbons (Fsp3) is 0.500. The summed E-state index contributed by atoms with van der Waals surface area (Å²) < 4.78 is 0. The molecule has 0 saturated carbocycles. The largest absolute Gasteiger partial charge is 0.334 e. The number of rotatable bonds is 8. The van der Waals surface area contributed by atoms with Crippen molar-refractivity contribution in [1.82, 2.24) is 4.90 Å². The van der Waals surface area contributed by atoms with Gasteiger partial charge in [-0.05, 0) is 31.9 Å². The first kappa shape index (κ1) is 18.9. The summed E-state index contributed by atoms with van der Waals surface area (Å²) in [4.78, 5) is 37.5. The Morgan fingerprint density at radius 1 is 1.04 bits per heavy atom. The number of ketones is 1. The molecule has 1 N–H and O–H groups in total. The number of Topliss-reactive ketones (excluding diaryl/α,β-unsaturated/α-hetero) is 1. The number of carbonyl (C=O) groups is 3. The van der Waals surface area contributed by atoms with E-state index in [1.165, 1.54) is 6.92 Å². The van der Waals surface area contributed by atoms with Gasteiger partial charge in [0.15, 0.2) is 5.78 Å². The molecule has 5 nitrogen and oxygen atoms in total. The van der Waals surface area contributed by atoms with Crippen LogP contribution in [0.25, 0.3) is 0 Å². The minimum absolute atomic E-state index is 0.0834. The predicted octanol–water partition coefficient (Wildman–Crippen LogP) is 3.26. The molecule has 0 saturated heterocycles. The summed E-state index contributed by atoms with van der Waals surface area (Å²) in [5.74, 6) is -1.25. The fourth-order valence-corrected chi connectivity index (χ4v) is 2.16. The van der Waals surface area contributed by atoms with Gasteiger partial charge in [-0.1, -0.05) is 38.8 Å². The summed E-state index contributed by atoms with van der Waals surface area (Å²) in [6.45, 7) is 6.75. The quantitative estimate of drug-likeness (QED) is 0.591. The van der Waals surface area contributed by atoms with Gasteiger partial charge >= 0.3 is 11.8 Å². The van der Waals surface area contributed by atoms with Crippen LogP contribution in [0, 0.1) is 0 Å². The lowest BCUT2D eigenvalue weighted by atomic mass is 10.1. The van der Waals surface area contributed by atoms with Crippen LogP contribution in [0.4, 0.5) is 5.69 Å². The number of benzene rings is 1. The molecule has 0 spiro atoms. The van der Waals surface area contributed by atoms with Crippen LogP contribution in [0.15, 0.2) is 24.3 Å². The standard InChI is InChI=1S/C18H26N2O3/c1-4-6-11-20(12-7-5-2)18(23)17(22)19-16-10-8-9-15(13-16)14(3)21/h8-10,13H,4-7,11-12H2,1-3H3,(H,19,22). The van der Waals surface area contributed by atoms with Crippen molar-refractivity contribution in [2.75, 3.05) is 18.4 Å². The number of carbonyl (C=O) groups excluding carboxylic acids is 3. The van der Waals surface area contributed by atoms with Crippen LogP contribution in [-0.2, 0) is 9.59 Å². The molecule has 1 rings (SSSR count). The molecular weight excluding hydrogens is 292 g/mol. The van der Waals surface area contributed by atoms with Gasteiger partial charge in [0, 0.05) is 24.3 Å². The van der Waals surface area contributed by atoms with E-state index in [2.05, 4.69) is 19.2 Å². The first-order chi connectivity index (χ1) is 11.0. The average molecular weight is 318 g/mol. The molecule has 0 aliphatic rings. The third-order valence-corrected chi connectivity index (χ3v) is 3.57. The molecule has 0 heterocycles. The summed E-state index contributed by atoms with van der Waals surface area (Å²) in [5.41, 5.74) is 0.964. The summed E-state index contributed by atoms with van der Waals surface area (Å²) in [6, 6.07) is 6.60. The molecule has 126 valence electrons. The molecule has 5 heteroatoms. The maximum Gasteiger partial charge on any atom is 0.313 e. The van der Waals surface area contributed by atoms with Gasteiger partial charge in [0.05, 0.1) is 0 Å². The summed E-state index contributed by atoms with van der Waals surface area (Å²) in [5, 5.41) is 2.59. The third kappa shape index (κ3) is 6.22. The highest BCUT2D eigenvalue weighted by Crippen LogP contribution is 2.11. The number of anilines is 1. The van der Waals surface area contributed by atoms with Crippen molar-refractivity contribution >= 4 is 23.3 Å². The van der Waals surface area contributed by atoms with E-state index >= 15 is 0 Å². The SMILES string of the molecule is CCCCN(CCCC)C(=O)C(=O)Nc1cccc(C(C)=O)c1. The van der Waals surface area contributed by atoms with Gasteiger partial charge in [-0.3, -0.25) is 14.4 Å². The molecule has 0 aliphatic heterocycles. The van der Waals surface area contributed by atoms with Crippen LogP contribution in [0.3, 0.4) is 0 Å². The zero-order chi connectivity index (χ0) is 17.2. The van der Waals surface area contributed by atoms with Gasteiger partial charge in [0.2, 0.25) is 0 Å². The van der Waals surface area contributed by atoms with E-state index in [-0.39, 0.29) is 5.78 Å². The van der Waals surface area contributed by atoms with E-state index in [0.717, 1.165) is 25.7 Å². The molecule has 2 amide bonds. The van der Waals surface area contributed by atoms with Crippen molar-refractivity contribution in [3.63, 3.8) is 0 Å². The molecule has 23 heavy (non-hydrogen) atoms. The molecule has 0 fully saturated rings. The monoisotopic (exact) mass is 318 g/mol. The predicted molar refractivity (Wildman–Crippen MR) is 91.5 cm³/mol. The fourth-order valence-electron chi connectivity index (χ4n) is 2.16. The second-order valence-corrected chi connectivity index (χ2v) is 5.59. The lowest BCUT2D eigenvalue weighted by Crippen LogP contribution is -2.40. The number of nitrogens with one attached hydrogen (secondary N) is 1. The Hall–Kier alpha value is -2.17. The van der Waals surface area contributed by atoms with Gasteiger partial charge in [0.1, 0.15) is 0 Å². The first-order valence-electron chi connectivity index (χ1n) is 8.20. The number of hydrogen-bond donors (Lipinski definition) is 1. The van der Waals surface area contributed by atoms with Crippen molar-refractivity contribution in [3.8, 4) is 0 Å². The minimum atomic E-state index is -0.655. The molecule has 0 atom stereocenters. The number of amides is 2. The second kappa shape index (κ2) is 9.77. The average Bonchev–Trinajstić information content (AvgIpc) is 2.54. The van der Waals surface area contributed by atoms with E-state index in [4.69, 9.17) is 0 Å². The van der Waals surface area contributed by atoms with E-state index in [1.54, 1.807) is 29.2 Å². The second-order valence-electron chi connectivity index (χ2n) is 5.59. The molecule has 1 aromatic rings. The van der Waals surface area contributed by atoms with Gasteiger partial charge in [-0.25, -0.2) is 0 Å². The Kier molecular flexibility index (Phi) is 8.02. The van der Waals surface area contributed by atoms with Crippen LogP contribution in [0.1, 0.15) is 56.8 Å². The minimum Gasteiger partial charge on any atom is -0.334 e. The van der Waals surface area contributed by atoms with Gasteiger partial charge in [0.25, 0.3) is 0 Å². The van der Waals surface area contributed by atoms with E-state index < -0.39 is 11.8 Å². The smallest absolute Gasteiger partial charge is 0.313 e. The van der Waals surface area contributed by atoms with Crippen LogP contribution in [0.2, 0.25) is 0 Å². The maximum absolute atomic E-state index is 12.3. The van der Waals surface area contributed by atoms with Crippen molar-refractivity contribution < 1.29 is 14.4 Å². The highest BCUT2D eigenvalue weighted by molar-refractivity contribution is 6.39. The molecule has 0 aromatic heterocycles. The van der Waals surface area contributed by atoms with E-state index in [0.29, 0.717) is 24.3 Å². The Balaban J connectivity index is 2.74. The molecule has 0 bridgehead atoms. The summed E-state index contributed by atoms with van der Waals surface area (Å²) in [7, 11) is 0. The lowest BCUT2D eigenvalue weighted by molar-refractivity contribution is -0.143. The van der Waals surface area contributed by atoms with Crippen LogP contribution in [0.5, 0.6) is 0 Å². The lowest BCUT2D eigenvalue weighted by Gasteiger charge is -2.21. The van der Waals surface area contributed by atoms with Gasteiger partial charge in [-0.2, -0.15) is 0 Å². The zero-order valence-electron chi connectivity index (χ0n) is 14.2. The Labute approximate surface area is 138 Å². The molecule has 0 unspecified atom stereocenters. The highest BCUT2D eigenvalue weighted by atomic mass is 16.2. The molecule has 0 radical (unpaired) electrons.